The Kier molecular flexibility index (Phi) is 3.37. The number of carbonyl (C=O) groups excluding carboxylic acids is 1. The van der Waals surface area contributed by atoms with Gasteiger partial charge in [0.05, 0.1) is 5.57 Å². The standard InChI is InChI=1S/C9H10N4O/c10-5-7(9(11)14)6-13-8-3-1-2-4-12-8/h1-6,10H,(H2,11,14)(H,12,13)/b7-6+,10-5?. The molecule has 0 aliphatic heterocycles. The third-order valence-corrected chi connectivity index (χ3v) is 1.48. The monoisotopic (exact) mass is 190 g/mol. The van der Waals surface area contributed by atoms with Crippen LogP contribution in [0.1, 0.15) is 0 Å². The molecule has 0 saturated carbocycles. The topological polar surface area (TPSA) is 91.9 Å². The highest BCUT2D eigenvalue weighted by Crippen LogP contribution is 2.00. The van der Waals surface area contributed by atoms with Crippen LogP contribution in [-0.4, -0.2) is 17.1 Å². The molecule has 4 N–H and O–H groups in total. The summed E-state index contributed by atoms with van der Waals surface area (Å²) in [5.41, 5.74) is 5.09. The smallest absolute Gasteiger partial charge is 0.251 e. The Balaban J connectivity index is 2.71. The highest BCUT2D eigenvalue weighted by Gasteiger charge is 1.99. The summed E-state index contributed by atoms with van der Waals surface area (Å²) in [6.45, 7) is 0. The van der Waals surface area contributed by atoms with Crippen molar-refractivity contribution in [3.05, 3.63) is 36.2 Å². The number of rotatable bonds is 4. The SMILES string of the molecule is N=C/C(=C\Nc1ccccn1)C(N)=O. The van der Waals surface area contributed by atoms with Gasteiger partial charge in [0.2, 0.25) is 0 Å². The summed E-state index contributed by atoms with van der Waals surface area (Å²) in [7, 11) is 0. The minimum absolute atomic E-state index is 0.0932. The first-order chi connectivity index (χ1) is 6.74. The lowest BCUT2D eigenvalue weighted by atomic mass is 10.3. The number of primary amides is 1. The molecule has 0 aliphatic rings. The van der Waals surface area contributed by atoms with E-state index >= 15 is 0 Å². The van der Waals surface area contributed by atoms with Gasteiger partial charge in [-0.25, -0.2) is 4.98 Å². The van der Waals surface area contributed by atoms with E-state index in [0.717, 1.165) is 6.21 Å². The lowest BCUT2D eigenvalue weighted by Gasteiger charge is -1.99. The van der Waals surface area contributed by atoms with Crippen LogP contribution in [0, 0.1) is 5.41 Å². The molecular formula is C9H10N4O. The molecular weight excluding hydrogens is 180 g/mol. The second-order valence-corrected chi connectivity index (χ2v) is 2.47. The Morgan fingerprint density at radius 2 is 2.36 bits per heavy atom. The number of amides is 1. The van der Waals surface area contributed by atoms with Crippen molar-refractivity contribution in [3.8, 4) is 0 Å². The van der Waals surface area contributed by atoms with Gasteiger partial charge >= 0.3 is 0 Å². The van der Waals surface area contributed by atoms with Crippen molar-refractivity contribution in [2.24, 2.45) is 5.73 Å². The Hall–Kier alpha value is -2.17. The first-order valence-electron chi connectivity index (χ1n) is 3.92. The van der Waals surface area contributed by atoms with Crippen LogP contribution < -0.4 is 11.1 Å². The minimum atomic E-state index is -0.650. The molecule has 1 aromatic rings. The van der Waals surface area contributed by atoms with Crippen molar-refractivity contribution in [2.45, 2.75) is 0 Å². The zero-order chi connectivity index (χ0) is 10.4. The summed E-state index contributed by atoms with van der Waals surface area (Å²) in [6, 6.07) is 5.32. The van der Waals surface area contributed by atoms with Crippen molar-refractivity contribution < 1.29 is 4.79 Å². The van der Waals surface area contributed by atoms with Gasteiger partial charge in [0.1, 0.15) is 5.82 Å². The van der Waals surface area contributed by atoms with Gasteiger partial charge in [-0.2, -0.15) is 0 Å². The molecule has 0 radical (unpaired) electrons. The lowest BCUT2D eigenvalue weighted by molar-refractivity contribution is -0.114. The zero-order valence-electron chi connectivity index (χ0n) is 7.40. The van der Waals surface area contributed by atoms with Gasteiger partial charge in [-0.3, -0.25) is 4.79 Å². The zero-order valence-corrected chi connectivity index (χ0v) is 7.40. The van der Waals surface area contributed by atoms with Crippen LogP contribution in [0.15, 0.2) is 36.2 Å². The summed E-state index contributed by atoms with van der Waals surface area (Å²) in [5.74, 6) is -0.0588. The number of anilines is 1. The van der Waals surface area contributed by atoms with Gasteiger partial charge in [0.15, 0.2) is 0 Å². The number of pyridine rings is 1. The van der Waals surface area contributed by atoms with E-state index in [-0.39, 0.29) is 5.57 Å². The van der Waals surface area contributed by atoms with Crippen LogP contribution in [0.4, 0.5) is 5.82 Å². The third-order valence-electron chi connectivity index (χ3n) is 1.48. The predicted molar refractivity (Wildman–Crippen MR) is 53.9 cm³/mol. The maximum atomic E-state index is 10.7. The van der Waals surface area contributed by atoms with Gasteiger partial charge in [-0.15, -0.1) is 0 Å². The van der Waals surface area contributed by atoms with Crippen molar-refractivity contribution >= 4 is 17.9 Å². The van der Waals surface area contributed by atoms with E-state index in [1.165, 1.54) is 6.20 Å². The van der Waals surface area contributed by atoms with E-state index < -0.39 is 5.91 Å². The molecule has 5 nitrogen and oxygen atoms in total. The number of hydrogen-bond acceptors (Lipinski definition) is 4. The first-order valence-corrected chi connectivity index (χ1v) is 3.92. The second-order valence-electron chi connectivity index (χ2n) is 2.47. The number of hydrogen-bond donors (Lipinski definition) is 3. The minimum Gasteiger partial charge on any atom is -0.366 e. The van der Waals surface area contributed by atoms with E-state index in [4.69, 9.17) is 11.1 Å². The highest BCUT2D eigenvalue weighted by molar-refractivity contribution is 6.10. The number of carbonyl (C=O) groups is 1. The summed E-state index contributed by atoms with van der Waals surface area (Å²) in [4.78, 5) is 14.7. The normalized spacial score (nSPS) is 10.7. The van der Waals surface area contributed by atoms with Gasteiger partial charge in [0.25, 0.3) is 5.91 Å². The van der Waals surface area contributed by atoms with E-state index in [1.807, 2.05) is 0 Å². The molecule has 0 bridgehead atoms. The van der Waals surface area contributed by atoms with Crippen LogP contribution in [0.2, 0.25) is 0 Å². The quantitative estimate of drug-likeness (QED) is 0.477. The predicted octanol–water partition coefficient (Wildman–Crippen LogP) is 0.512. The van der Waals surface area contributed by atoms with E-state index in [9.17, 15) is 4.79 Å². The molecule has 1 amide bonds. The van der Waals surface area contributed by atoms with Crippen LogP contribution in [0.25, 0.3) is 0 Å². The van der Waals surface area contributed by atoms with Crippen molar-refractivity contribution in [2.75, 3.05) is 5.32 Å². The van der Waals surface area contributed by atoms with Crippen LogP contribution in [-0.2, 0) is 4.79 Å². The fourth-order valence-corrected chi connectivity index (χ4v) is 0.784. The Morgan fingerprint density at radius 3 is 2.86 bits per heavy atom. The molecule has 72 valence electrons. The second kappa shape index (κ2) is 4.76. The number of aromatic nitrogens is 1. The molecule has 0 aromatic carbocycles. The maximum absolute atomic E-state index is 10.7. The molecule has 1 heterocycles. The highest BCUT2D eigenvalue weighted by atomic mass is 16.1. The molecule has 0 spiro atoms. The number of nitrogens with two attached hydrogens (primary N) is 1. The van der Waals surface area contributed by atoms with Crippen molar-refractivity contribution in [1.82, 2.24) is 4.98 Å². The van der Waals surface area contributed by atoms with Gasteiger partial charge < -0.3 is 16.5 Å². The number of nitrogens with one attached hydrogen (secondary N) is 2. The van der Waals surface area contributed by atoms with E-state index in [1.54, 1.807) is 24.4 Å². The summed E-state index contributed by atoms with van der Waals surface area (Å²) in [5, 5.41) is 9.65. The molecule has 0 aliphatic carbocycles. The molecule has 1 rings (SSSR count). The van der Waals surface area contributed by atoms with Crippen molar-refractivity contribution in [1.29, 1.82) is 5.41 Å². The molecule has 0 fully saturated rings. The third kappa shape index (κ3) is 2.71. The summed E-state index contributed by atoms with van der Waals surface area (Å²) >= 11 is 0. The molecule has 14 heavy (non-hydrogen) atoms. The van der Waals surface area contributed by atoms with E-state index in [2.05, 4.69) is 10.3 Å². The fourth-order valence-electron chi connectivity index (χ4n) is 0.784. The maximum Gasteiger partial charge on any atom is 0.251 e. The van der Waals surface area contributed by atoms with Gasteiger partial charge in [0, 0.05) is 18.6 Å². The van der Waals surface area contributed by atoms with Crippen LogP contribution in [0.3, 0.4) is 0 Å². The van der Waals surface area contributed by atoms with E-state index in [0.29, 0.717) is 5.82 Å². The summed E-state index contributed by atoms with van der Waals surface area (Å²) in [6.07, 6.45) is 3.85. The molecule has 0 unspecified atom stereocenters. The molecule has 0 atom stereocenters. The van der Waals surface area contributed by atoms with Gasteiger partial charge in [-0.1, -0.05) is 6.07 Å². The molecule has 0 saturated heterocycles. The van der Waals surface area contributed by atoms with Crippen LogP contribution in [0.5, 0.6) is 0 Å². The molecule has 1 aromatic heterocycles. The van der Waals surface area contributed by atoms with Crippen molar-refractivity contribution in [3.63, 3.8) is 0 Å². The Labute approximate surface area is 81.2 Å². The Bertz CT molecular complexity index is 358. The Morgan fingerprint density at radius 1 is 1.57 bits per heavy atom. The average Bonchev–Trinajstić information content (AvgIpc) is 2.20. The lowest BCUT2D eigenvalue weighted by Crippen LogP contribution is -2.15. The molecule has 5 heteroatoms. The van der Waals surface area contributed by atoms with Crippen LogP contribution >= 0.6 is 0 Å². The largest absolute Gasteiger partial charge is 0.366 e. The average molecular weight is 190 g/mol. The first kappa shape index (κ1) is 9.91. The number of nitrogens with zero attached hydrogens (tertiary/aromatic N) is 1. The van der Waals surface area contributed by atoms with Gasteiger partial charge in [-0.05, 0) is 12.1 Å². The summed E-state index contributed by atoms with van der Waals surface area (Å²) < 4.78 is 0. The fraction of sp³-hybridized carbons (Fsp3) is 0.